The highest BCUT2D eigenvalue weighted by molar-refractivity contribution is 8.00. The lowest BCUT2D eigenvalue weighted by Gasteiger charge is -2.07. The molecule has 0 aliphatic carbocycles. The Morgan fingerprint density at radius 3 is 2.45 bits per heavy atom. The molecule has 0 bridgehead atoms. The molecule has 2 heterocycles. The third kappa shape index (κ3) is 7.53. The molecule has 0 fully saturated rings. The quantitative estimate of drug-likeness (QED) is 0.241. The van der Waals surface area contributed by atoms with Gasteiger partial charge in [-0.25, -0.2) is 9.59 Å². The molecule has 212 valence electrons. The molecule has 0 saturated carbocycles. The number of benzene rings is 1. The first-order valence-electron chi connectivity index (χ1n) is 12.4. The van der Waals surface area contributed by atoms with Gasteiger partial charge in [-0.15, -0.1) is 29.5 Å². The van der Waals surface area contributed by atoms with Crippen molar-refractivity contribution in [2.24, 2.45) is 4.99 Å². The number of hydrogen-bond donors (Lipinski definition) is 1. The van der Waals surface area contributed by atoms with E-state index in [1.165, 1.54) is 11.3 Å². The van der Waals surface area contributed by atoms with E-state index in [2.05, 4.69) is 16.2 Å². The molecular weight excluding hydrogens is 575 g/mol. The van der Waals surface area contributed by atoms with Crippen LogP contribution in [0.25, 0.3) is 10.2 Å². The van der Waals surface area contributed by atoms with Crippen molar-refractivity contribution in [3.63, 3.8) is 0 Å². The number of ether oxygens (including phenoxy) is 3. The second-order valence-electron chi connectivity index (χ2n) is 7.99. The van der Waals surface area contributed by atoms with E-state index in [1.807, 2.05) is 25.1 Å². The van der Waals surface area contributed by atoms with Gasteiger partial charge in [0.2, 0.25) is 5.91 Å². The van der Waals surface area contributed by atoms with E-state index in [0.29, 0.717) is 22.7 Å². The first-order chi connectivity index (χ1) is 19.2. The third-order valence-corrected chi connectivity index (χ3v) is 8.38. The molecule has 0 saturated heterocycles. The van der Waals surface area contributed by atoms with Gasteiger partial charge in [0.15, 0.2) is 4.80 Å². The minimum Gasteiger partial charge on any atom is -0.494 e. The fourth-order valence-corrected chi connectivity index (χ4v) is 6.39. The van der Waals surface area contributed by atoms with Crippen molar-refractivity contribution in [2.75, 3.05) is 36.6 Å². The van der Waals surface area contributed by atoms with Crippen molar-refractivity contribution >= 4 is 73.4 Å². The molecule has 0 aliphatic heterocycles. The summed E-state index contributed by atoms with van der Waals surface area (Å²) >= 11 is 3.33. The standard InChI is InChI=1S/C27H29N3O7S3/c1-6-12-30-18-11-10-17(35-7-2)13-19(18)39-27(30)29-21(32)15-38-14-20(31)28-24-22(25(33)36-8-3)16(5)23(40-24)26(34)37-9-4/h1,10-11,13H,7-9,12,14-15H2,2-5H3,(H,28,31). The molecular formula is C27H29N3O7S3. The van der Waals surface area contributed by atoms with E-state index < -0.39 is 23.8 Å². The van der Waals surface area contributed by atoms with Crippen molar-refractivity contribution in [1.82, 2.24) is 4.57 Å². The predicted octanol–water partition coefficient (Wildman–Crippen LogP) is 4.26. The Morgan fingerprint density at radius 1 is 1.05 bits per heavy atom. The SMILES string of the molecule is C#CCn1c(=NC(=O)CSCC(=O)Nc2sc(C(=O)OCC)c(C)c2C(=O)OCC)sc2cc(OCC)ccc21. The Labute approximate surface area is 243 Å². The summed E-state index contributed by atoms with van der Waals surface area (Å²) in [4.78, 5) is 55.0. The van der Waals surface area contributed by atoms with Crippen LogP contribution in [0.5, 0.6) is 5.75 Å². The molecule has 2 amide bonds. The van der Waals surface area contributed by atoms with Gasteiger partial charge in [0, 0.05) is 0 Å². The zero-order valence-corrected chi connectivity index (χ0v) is 25.0. The molecule has 3 rings (SSSR count). The highest BCUT2D eigenvalue weighted by Gasteiger charge is 2.27. The summed E-state index contributed by atoms with van der Waals surface area (Å²) in [6.07, 6.45) is 5.53. The Morgan fingerprint density at radius 2 is 1.77 bits per heavy atom. The van der Waals surface area contributed by atoms with Crippen LogP contribution in [0.2, 0.25) is 0 Å². The number of rotatable bonds is 12. The molecule has 3 aromatic rings. The van der Waals surface area contributed by atoms with E-state index in [0.717, 1.165) is 33.3 Å². The number of thiophene rings is 1. The van der Waals surface area contributed by atoms with Crippen LogP contribution >= 0.6 is 34.4 Å². The second kappa shape index (κ2) is 14.7. The number of fused-ring (bicyclic) bond motifs is 1. The summed E-state index contributed by atoms with van der Waals surface area (Å²) in [5, 5.41) is 2.85. The van der Waals surface area contributed by atoms with E-state index in [9.17, 15) is 19.2 Å². The van der Waals surface area contributed by atoms with E-state index in [1.54, 1.807) is 25.3 Å². The van der Waals surface area contributed by atoms with Crippen LogP contribution < -0.4 is 14.9 Å². The van der Waals surface area contributed by atoms with Crippen LogP contribution in [0.4, 0.5) is 5.00 Å². The number of amides is 2. The monoisotopic (exact) mass is 603 g/mol. The topological polar surface area (TPSA) is 125 Å². The Balaban J connectivity index is 1.71. The number of nitrogens with zero attached hydrogens (tertiary/aromatic N) is 2. The molecule has 0 atom stereocenters. The minimum absolute atomic E-state index is 0.0514. The maximum atomic E-state index is 12.7. The lowest BCUT2D eigenvalue weighted by atomic mass is 10.1. The third-order valence-electron chi connectivity index (χ3n) is 5.23. The van der Waals surface area contributed by atoms with Crippen molar-refractivity contribution < 1.29 is 33.4 Å². The first-order valence-corrected chi connectivity index (χ1v) is 15.1. The Hall–Kier alpha value is -3.60. The maximum Gasteiger partial charge on any atom is 0.348 e. The molecule has 10 nitrogen and oxygen atoms in total. The zero-order chi connectivity index (χ0) is 29.2. The summed E-state index contributed by atoms with van der Waals surface area (Å²) < 4.78 is 18.4. The van der Waals surface area contributed by atoms with Crippen LogP contribution in [0, 0.1) is 19.3 Å². The van der Waals surface area contributed by atoms with Gasteiger partial charge in [0.25, 0.3) is 5.91 Å². The zero-order valence-electron chi connectivity index (χ0n) is 22.5. The lowest BCUT2D eigenvalue weighted by Crippen LogP contribution is -2.19. The summed E-state index contributed by atoms with van der Waals surface area (Å²) in [6.45, 7) is 7.90. The smallest absolute Gasteiger partial charge is 0.348 e. The van der Waals surface area contributed by atoms with Crippen LogP contribution in [0.1, 0.15) is 46.4 Å². The fourth-order valence-electron chi connectivity index (χ4n) is 3.61. The van der Waals surface area contributed by atoms with Gasteiger partial charge >= 0.3 is 11.9 Å². The van der Waals surface area contributed by atoms with Crippen molar-refractivity contribution in [3.05, 3.63) is 39.0 Å². The van der Waals surface area contributed by atoms with Gasteiger partial charge in [0.1, 0.15) is 15.6 Å². The molecule has 0 aliphatic rings. The molecule has 1 aromatic carbocycles. The number of anilines is 1. The van der Waals surface area contributed by atoms with E-state index in [4.69, 9.17) is 20.6 Å². The number of thiazole rings is 1. The normalized spacial score (nSPS) is 11.2. The lowest BCUT2D eigenvalue weighted by molar-refractivity contribution is -0.115. The van der Waals surface area contributed by atoms with E-state index in [-0.39, 0.29) is 46.7 Å². The number of thioether (sulfide) groups is 1. The number of carbonyl (C=O) groups excluding carboxylic acids is 4. The van der Waals surface area contributed by atoms with Crippen molar-refractivity contribution in [3.8, 4) is 18.1 Å². The summed E-state index contributed by atoms with van der Waals surface area (Å²) in [7, 11) is 0. The van der Waals surface area contributed by atoms with Gasteiger partial charge in [-0.3, -0.25) is 9.59 Å². The van der Waals surface area contributed by atoms with Crippen molar-refractivity contribution in [2.45, 2.75) is 34.2 Å². The summed E-state index contributed by atoms with van der Waals surface area (Å²) in [5.41, 5.74) is 1.32. The molecule has 40 heavy (non-hydrogen) atoms. The number of nitrogens with one attached hydrogen (secondary N) is 1. The summed E-state index contributed by atoms with van der Waals surface area (Å²) in [6, 6.07) is 5.59. The van der Waals surface area contributed by atoms with Gasteiger partial charge < -0.3 is 24.1 Å². The molecule has 2 aromatic heterocycles. The van der Waals surface area contributed by atoms with Crippen LogP contribution in [-0.4, -0.2) is 59.6 Å². The Kier molecular flexibility index (Phi) is 11.4. The largest absolute Gasteiger partial charge is 0.494 e. The predicted molar refractivity (Wildman–Crippen MR) is 157 cm³/mol. The van der Waals surface area contributed by atoms with Crippen LogP contribution in [-0.2, 0) is 25.6 Å². The number of carbonyl (C=O) groups is 4. The number of hydrogen-bond acceptors (Lipinski definition) is 10. The highest BCUT2D eigenvalue weighted by Crippen LogP contribution is 2.34. The van der Waals surface area contributed by atoms with Crippen molar-refractivity contribution in [1.29, 1.82) is 0 Å². The second-order valence-corrected chi connectivity index (χ2v) is 11.0. The fraction of sp³-hybridized carbons (Fsp3) is 0.370. The van der Waals surface area contributed by atoms with Gasteiger partial charge in [-0.1, -0.05) is 17.3 Å². The number of terminal acetylenes is 1. The summed E-state index contributed by atoms with van der Waals surface area (Å²) in [5.74, 6) is 1.05. The number of esters is 2. The minimum atomic E-state index is -0.652. The van der Waals surface area contributed by atoms with Crippen LogP contribution in [0.15, 0.2) is 23.2 Å². The average molecular weight is 604 g/mol. The van der Waals surface area contributed by atoms with E-state index >= 15 is 0 Å². The average Bonchev–Trinajstić information content (AvgIpc) is 3.40. The first kappa shape index (κ1) is 30.9. The molecule has 13 heteroatoms. The maximum absolute atomic E-state index is 12.7. The Bertz CT molecular complexity index is 1530. The highest BCUT2D eigenvalue weighted by atomic mass is 32.2. The van der Waals surface area contributed by atoms with Gasteiger partial charge in [-0.05, 0) is 51.5 Å². The number of aromatic nitrogens is 1. The van der Waals surface area contributed by atoms with Crippen LogP contribution in [0.3, 0.4) is 0 Å². The molecule has 0 radical (unpaired) electrons. The van der Waals surface area contributed by atoms with Gasteiger partial charge in [0.05, 0.1) is 53.7 Å². The molecule has 1 N–H and O–H groups in total. The molecule has 0 spiro atoms. The van der Waals surface area contributed by atoms with Gasteiger partial charge in [-0.2, -0.15) is 4.99 Å². The molecule has 0 unspecified atom stereocenters.